The van der Waals surface area contributed by atoms with Gasteiger partial charge in [-0.15, -0.1) is 0 Å². The Morgan fingerprint density at radius 1 is 0.708 bits per heavy atom. The summed E-state index contributed by atoms with van der Waals surface area (Å²) in [5, 5.41) is 0.984. The van der Waals surface area contributed by atoms with Crippen LogP contribution in [0.5, 0.6) is 0 Å². The molecule has 0 aromatic heterocycles. The third kappa shape index (κ3) is 2.56. The fraction of sp³-hybridized carbons (Fsp3) is 0.222. The van der Waals surface area contributed by atoms with Crippen molar-refractivity contribution in [2.75, 3.05) is 36.0 Å². The highest BCUT2D eigenvalue weighted by Gasteiger charge is 2.22. The Labute approximate surface area is 138 Å². The molecule has 6 heteroatoms. The smallest absolute Gasteiger partial charge is 0.338 e. The maximum atomic E-state index is 11.6. The third-order valence-electron chi connectivity index (χ3n) is 4.35. The SMILES string of the molecule is O=C1N=c2cccc(N3CCN(c4ccccc4)CC3)c2=NC1=O. The molecule has 0 unspecified atom stereocenters. The number of rotatable bonds is 2. The molecule has 0 atom stereocenters. The lowest BCUT2D eigenvalue weighted by atomic mass is 10.2. The summed E-state index contributed by atoms with van der Waals surface area (Å²) >= 11 is 0. The van der Waals surface area contributed by atoms with E-state index >= 15 is 0 Å². The molecule has 2 aliphatic rings. The zero-order valence-electron chi connectivity index (χ0n) is 13.1. The van der Waals surface area contributed by atoms with Crippen molar-refractivity contribution < 1.29 is 9.59 Å². The Balaban J connectivity index is 1.61. The minimum atomic E-state index is -0.798. The molecule has 2 aromatic carbocycles. The summed E-state index contributed by atoms with van der Waals surface area (Å²) in [6.45, 7) is 3.42. The molecule has 120 valence electrons. The summed E-state index contributed by atoms with van der Waals surface area (Å²) in [7, 11) is 0. The van der Waals surface area contributed by atoms with E-state index in [2.05, 4.69) is 31.9 Å². The van der Waals surface area contributed by atoms with Crippen molar-refractivity contribution in [3.05, 3.63) is 59.2 Å². The summed E-state index contributed by atoms with van der Waals surface area (Å²) in [6.07, 6.45) is 0. The average molecular weight is 320 g/mol. The van der Waals surface area contributed by atoms with Gasteiger partial charge in [0.2, 0.25) is 0 Å². The first-order valence-electron chi connectivity index (χ1n) is 7.92. The number of amides is 2. The first kappa shape index (κ1) is 14.6. The third-order valence-corrected chi connectivity index (χ3v) is 4.35. The Kier molecular flexibility index (Phi) is 3.57. The van der Waals surface area contributed by atoms with Gasteiger partial charge in [-0.2, -0.15) is 0 Å². The van der Waals surface area contributed by atoms with Gasteiger partial charge in [-0.3, -0.25) is 9.59 Å². The fourth-order valence-electron chi connectivity index (χ4n) is 3.13. The van der Waals surface area contributed by atoms with E-state index in [1.165, 1.54) is 5.69 Å². The summed E-state index contributed by atoms with van der Waals surface area (Å²) < 4.78 is 0. The molecular weight excluding hydrogens is 304 g/mol. The van der Waals surface area contributed by atoms with Crippen LogP contribution in [0.2, 0.25) is 0 Å². The molecule has 2 aromatic rings. The van der Waals surface area contributed by atoms with Gasteiger partial charge in [-0.05, 0) is 24.3 Å². The Morgan fingerprint density at radius 3 is 2.12 bits per heavy atom. The lowest BCUT2D eigenvalue weighted by Gasteiger charge is -2.37. The van der Waals surface area contributed by atoms with Crippen LogP contribution in [0.15, 0.2) is 58.5 Å². The van der Waals surface area contributed by atoms with Crippen LogP contribution >= 0.6 is 0 Å². The number of fused-ring (bicyclic) bond motifs is 1. The van der Waals surface area contributed by atoms with Crippen molar-refractivity contribution in [2.45, 2.75) is 0 Å². The van der Waals surface area contributed by atoms with Gasteiger partial charge in [-0.1, -0.05) is 24.3 Å². The molecule has 0 radical (unpaired) electrons. The Hall–Kier alpha value is -3.02. The molecule has 0 spiro atoms. The molecule has 0 aliphatic carbocycles. The standard InChI is InChI=1S/C18H16N4O2/c23-17-18(24)20-16-14(19-17)7-4-8-15(16)22-11-9-21(10-12-22)13-5-2-1-3-6-13/h1-8H,9-12H2. The van der Waals surface area contributed by atoms with Crippen molar-refractivity contribution in [2.24, 2.45) is 9.98 Å². The average Bonchev–Trinajstić information content (AvgIpc) is 2.63. The minimum Gasteiger partial charge on any atom is -0.368 e. The number of nitrogens with zero attached hydrogens (tertiary/aromatic N) is 4. The van der Waals surface area contributed by atoms with Crippen molar-refractivity contribution in [1.29, 1.82) is 0 Å². The van der Waals surface area contributed by atoms with Crippen LogP contribution in [-0.4, -0.2) is 38.0 Å². The number of carbonyl (C=O) groups is 2. The number of hydrogen-bond donors (Lipinski definition) is 0. The van der Waals surface area contributed by atoms with Gasteiger partial charge in [0, 0.05) is 31.9 Å². The second-order valence-electron chi connectivity index (χ2n) is 5.79. The number of anilines is 2. The largest absolute Gasteiger partial charge is 0.368 e. The van der Waals surface area contributed by atoms with E-state index in [1.807, 2.05) is 30.3 Å². The molecule has 0 N–H and O–H groups in total. The van der Waals surface area contributed by atoms with Crippen LogP contribution < -0.4 is 20.5 Å². The van der Waals surface area contributed by atoms with Crippen LogP contribution in [0, 0.1) is 0 Å². The quantitative estimate of drug-likeness (QED) is 0.748. The van der Waals surface area contributed by atoms with Crippen molar-refractivity contribution in [3.63, 3.8) is 0 Å². The zero-order valence-corrected chi connectivity index (χ0v) is 13.1. The predicted octanol–water partition coefficient (Wildman–Crippen LogP) is 0.319. The van der Waals surface area contributed by atoms with Crippen molar-refractivity contribution in [3.8, 4) is 0 Å². The number of hydrogen-bond acceptors (Lipinski definition) is 4. The van der Waals surface area contributed by atoms with Crippen molar-refractivity contribution >= 4 is 23.2 Å². The van der Waals surface area contributed by atoms with E-state index in [1.54, 1.807) is 6.07 Å². The second-order valence-corrected chi connectivity index (χ2v) is 5.79. The summed E-state index contributed by atoms with van der Waals surface area (Å²) in [5.41, 5.74) is 2.08. The molecule has 1 fully saturated rings. The molecule has 2 heterocycles. The van der Waals surface area contributed by atoms with E-state index in [0.29, 0.717) is 10.7 Å². The van der Waals surface area contributed by atoms with Crippen LogP contribution in [0.25, 0.3) is 0 Å². The normalized spacial score (nSPS) is 17.2. The van der Waals surface area contributed by atoms with E-state index in [0.717, 1.165) is 31.9 Å². The molecular formula is C18H16N4O2. The summed E-state index contributed by atoms with van der Waals surface area (Å²) in [6, 6.07) is 15.8. The number of para-hydroxylation sites is 2. The topological polar surface area (TPSA) is 65.3 Å². The highest BCUT2D eigenvalue weighted by atomic mass is 16.2. The number of benzene rings is 2. The van der Waals surface area contributed by atoms with Gasteiger partial charge < -0.3 is 9.80 Å². The Bertz CT molecular complexity index is 916. The maximum Gasteiger partial charge on any atom is 0.338 e. The molecule has 4 rings (SSSR count). The van der Waals surface area contributed by atoms with E-state index < -0.39 is 11.8 Å². The second kappa shape index (κ2) is 5.88. The molecule has 6 nitrogen and oxygen atoms in total. The van der Waals surface area contributed by atoms with Gasteiger partial charge in [0.1, 0.15) is 5.36 Å². The maximum absolute atomic E-state index is 11.6. The molecule has 1 saturated heterocycles. The molecule has 2 aliphatic heterocycles. The predicted molar refractivity (Wildman–Crippen MR) is 89.6 cm³/mol. The molecule has 24 heavy (non-hydrogen) atoms. The van der Waals surface area contributed by atoms with Gasteiger partial charge in [0.05, 0.1) is 11.0 Å². The zero-order chi connectivity index (χ0) is 16.5. The minimum absolute atomic E-state index is 0.475. The van der Waals surface area contributed by atoms with Crippen LogP contribution in [-0.2, 0) is 9.59 Å². The van der Waals surface area contributed by atoms with Gasteiger partial charge in [-0.25, -0.2) is 9.98 Å². The molecule has 0 saturated carbocycles. The molecule has 2 amide bonds. The van der Waals surface area contributed by atoms with Crippen LogP contribution in [0.3, 0.4) is 0 Å². The highest BCUT2D eigenvalue weighted by molar-refractivity contribution is 6.36. The summed E-state index contributed by atoms with van der Waals surface area (Å²) in [4.78, 5) is 35.3. The van der Waals surface area contributed by atoms with E-state index in [-0.39, 0.29) is 0 Å². The van der Waals surface area contributed by atoms with E-state index in [4.69, 9.17) is 0 Å². The first-order chi connectivity index (χ1) is 11.7. The van der Waals surface area contributed by atoms with Gasteiger partial charge in [0.25, 0.3) is 0 Å². The number of piperazine rings is 1. The lowest BCUT2D eigenvalue weighted by Crippen LogP contribution is -2.49. The summed E-state index contributed by atoms with van der Waals surface area (Å²) in [5.74, 6) is -1.59. The lowest BCUT2D eigenvalue weighted by molar-refractivity contribution is -0.135. The van der Waals surface area contributed by atoms with E-state index in [9.17, 15) is 9.59 Å². The van der Waals surface area contributed by atoms with Gasteiger partial charge >= 0.3 is 11.8 Å². The van der Waals surface area contributed by atoms with Crippen LogP contribution in [0.1, 0.15) is 0 Å². The Morgan fingerprint density at radius 2 is 1.38 bits per heavy atom. The highest BCUT2D eigenvalue weighted by Crippen LogP contribution is 2.18. The van der Waals surface area contributed by atoms with Crippen molar-refractivity contribution in [1.82, 2.24) is 0 Å². The fourth-order valence-corrected chi connectivity index (χ4v) is 3.13. The van der Waals surface area contributed by atoms with Gasteiger partial charge in [0.15, 0.2) is 0 Å². The molecule has 0 bridgehead atoms. The first-order valence-corrected chi connectivity index (χ1v) is 7.92. The number of carbonyl (C=O) groups excluding carboxylic acids is 2. The monoisotopic (exact) mass is 320 g/mol. The van der Waals surface area contributed by atoms with Crippen LogP contribution in [0.4, 0.5) is 11.4 Å².